The van der Waals surface area contributed by atoms with Gasteiger partial charge in [-0.3, -0.25) is 10.1 Å². The van der Waals surface area contributed by atoms with Gasteiger partial charge in [-0.2, -0.15) is 37.7 Å². The summed E-state index contributed by atoms with van der Waals surface area (Å²) in [4.78, 5) is 17.5. The third-order valence-electron chi connectivity index (χ3n) is 4.71. The average Bonchev–Trinajstić information content (AvgIpc) is 3.47. The van der Waals surface area contributed by atoms with Crippen molar-refractivity contribution in [2.75, 3.05) is 7.11 Å². The number of fused-ring (bicyclic) bond motifs is 1. The molecule has 1 N–H and O–H groups in total. The Morgan fingerprint density at radius 2 is 1.79 bits per heavy atom. The highest BCUT2D eigenvalue weighted by molar-refractivity contribution is 5.98. The molecule has 1 amide bonds. The number of hydrogen-bond acceptors (Lipinski definition) is 6. The number of nitrogens with zero attached hydrogens (tertiary/aromatic N) is 6. The summed E-state index contributed by atoms with van der Waals surface area (Å²) in [5.74, 6) is -2.34. The second-order valence-corrected chi connectivity index (χ2v) is 6.68. The van der Waals surface area contributed by atoms with Crippen molar-refractivity contribution in [2.45, 2.75) is 13.1 Å². The molecule has 0 radical (unpaired) electrons. The smallest absolute Gasteiger partial charge is 0.434 e. The van der Waals surface area contributed by atoms with Gasteiger partial charge in [0, 0.05) is 17.0 Å². The van der Waals surface area contributed by atoms with Gasteiger partial charge in [0.1, 0.15) is 5.70 Å². The number of halogens is 4. The lowest BCUT2D eigenvalue weighted by atomic mass is 10.1. The summed E-state index contributed by atoms with van der Waals surface area (Å²) in [6.45, 7) is 1.25. The zero-order valence-corrected chi connectivity index (χ0v) is 17.1. The Morgan fingerprint density at radius 3 is 2.45 bits per heavy atom. The SMILES string of the molecule is COc1nccc2c(-n3ncc(C(=O)N/C(F)=C(\C)n4nccn4)c3C(F)(F)F)cccc12. The van der Waals surface area contributed by atoms with E-state index in [1.165, 1.54) is 50.8 Å². The fourth-order valence-corrected chi connectivity index (χ4v) is 3.22. The van der Waals surface area contributed by atoms with Crippen molar-refractivity contribution < 1.29 is 27.1 Å². The molecule has 0 aliphatic heterocycles. The molecule has 0 saturated heterocycles. The van der Waals surface area contributed by atoms with Crippen LogP contribution in [-0.2, 0) is 6.18 Å². The van der Waals surface area contributed by atoms with Crippen molar-refractivity contribution in [1.29, 1.82) is 0 Å². The predicted molar refractivity (Wildman–Crippen MR) is 108 cm³/mol. The number of benzene rings is 1. The van der Waals surface area contributed by atoms with Gasteiger partial charge in [0.2, 0.25) is 11.8 Å². The van der Waals surface area contributed by atoms with Gasteiger partial charge >= 0.3 is 6.18 Å². The van der Waals surface area contributed by atoms with Crippen molar-refractivity contribution in [2.24, 2.45) is 0 Å². The van der Waals surface area contributed by atoms with Crippen LogP contribution in [0.15, 0.2) is 55.0 Å². The van der Waals surface area contributed by atoms with Crippen LogP contribution in [0.5, 0.6) is 5.88 Å². The zero-order chi connectivity index (χ0) is 23.8. The van der Waals surface area contributed by atoms with E-state index < -0.39 is 29.3 Å². The van der Waals surface area contributed by atoms with Gasteiger partial charge in [0.25, 0.3) is 5.91 Å². The van der Waals surface area contributed by atoms with Gasteiger partial charge in [-0.15, -0.1) is 0 Å². The largest absolute Gasteiger partial charge is 0.481 e. The first-order valence-electron chi connectivity index (χ1n) is 9.34. The lowest BCUT2D eigenvalue weighted by molar-refractivity contribution is -0.143. The van der Waals surface area contributed by atoms with Crippen molar-refractivity contribution in [1.82, 2.24) is 35.1 Å². The fraction of sp³-hybridized carbons (Fsp3) is 0.150. The number of alkyl halides is 3. The molecule has 0 aliphatic rings. The third kappa shape index (κ3) is 4.00. The standard InChI is InChI=1S/C20H15F4N7O2/c1-11(31-26-8-9-27-31)17(21)29-18(32)14-10-28-30(16(14)20(22,23)24)15-5-3-4-13-12(15)6-7-25-19(13)33-2/h3-10H,1-2H3,(H,29,32)/b17-11+. The third-order valence-corrected chi connectivity index (χ3v) is 4.71. The number of rotatable bonds is 5. The maximum Gasteiger partial charge on any atom is 0.434 e. The first-order chi connectivity index (χ1) is 15.7. The lowest BCUT2D eigenvalue weighted by Gasteiger charge is -2.15. The Morgan fingerprint density at radius 1 is 1.06 bits per heavy atom. The highest BCUT2D eigenvalue weighted by Crippen LogP contribution is 2.36. The van der Waals surface area contributed by atoms with Gasteiger partial charge < -0.3 is 4.74 Å². The molecule has 33 heavy (non-hydrogen) atoms. The van der Waals surface area contributed by atoms with E-state index >= 15 is 0 Å². The molecule has 4 aromatic rings. The number of ether oxygens (including phenoxy) is 1. The molecule has 4 rings (SSSR count). The number of carbonyl (C=O) groups is 1. The number of methoxy groups -OCH3 is 1. The van der Waals surface area contributed by atoms with E-state index in [9.17, 15) is 22.4 Å². The molecular formula is C20H15F4N7O2. The monoisotopic (exact) mass is 461 g/mol. The van der Waals surface area contributed by atoms with Crippen LogP contribution >= 0.6 is 0 Å². The molecule has 170 valence electrons. The highest BCUT2D eigenvalue weighted by Gasteiger charge is 2.41. The van der Waals surface area contributed by atoms with Gasteiger partial charge in [-0.05, 0) is 25.1 Å². The first kappa shape index (κ1) is 21.9. The van der Waals surface area contributed by atoms with E-state index in [0.29, 0.717) is 15.5 Å². The maximum atomic E-state index is 14.5. The topological polar surface area (TPSA) is 99.8 Å². The Labute approximate surface area is 183 Å². The van der Waals surface area contributed by atoms with Crippen LogP contribution in [-0.4, -0.2) is 42.8 Å². The Balaban J connectivity index is 1.81. The Bertz CT molecular complexity index is 1360. The van der Waals surface area contributed by atoms with Crippen molar-refractivity contribution in [3.05, 3.63) is 66.3 Å². The number of allylic oxidation sites excluding steroid dienone is 1. The van der Waals surface area contributed by atoms with Crippen molar-refractivity contribution in [3.8, 4) is 11.6 Å². The summed E-state index contributed by atoms with van der Waals surface area (Å²) < 4.78 is 62.4. The van der Waals surface area contributed by atoms with E-state index in [-0.39, 0.29) is 17.3 Å². The number of pyridine rings is 1. The summed E-state index contributed by atoms with van der Waals surface area (Å²) in [6, 6.07) is 6.03. The van der Waals surface area contributed by atoms with E-state index in [1.54, 1.807) is 11.4 Å². The van der Waals surface area contributed by atoms with Crippen LogP contribution in [0.25, 0.3) is 22.2 Å². The molecule has 3 heterocycles. The number of carbonyl (C=O) groups excluding carboxylic acids is 1. The molecule has 3 aromatic heterocycles. The maximum absolute atomic E-state index is 14.5. The molecule has 9 nitrogen and oxygen atoms in total. The molecule has 0 aliphatic carbocycles. The van der Waals surface area contributed by atoms with E-state index in [0.717, 1.165) is 11.0 Å². The van der Waals surface area contributed by atoms with Crippen molar-refractivity contribution in [3.63, 3.8) is 0 Å². The van der Waals surface area contributed by atoms with E-state index in [1.807, 2.05) is 0 Å². The highest BCUT2D eigenvalue weighted by atomic mass is 19.4. The van der Waals surface area contributed by atoms with Crippen LogP contribution in [0.3, 0.4) is 0 Å². The van der Waals surface area contributed by atoms with Crippen LogP contribution in [0, 0.1) is 0 Å². The normalized spacial score (nSPS) is 12.5. The van der Waals surface area contributed by atoms with Crippen LogP contribution < -0.4 is 10.1 Å². The van der Waals surface area contributed by atoms with Gasteiger partial charge in [0.15, 0.2) is 5.69 Å². The van der Waals surface area contributed by atoms with Gasteiger partial charge in [-0.25, -0.2) is 9.67 Å². The molecular weight excluding hydrogens is 446 g/mol. The quantitative estimate of drug-likeness (QED) is 0.360. The second kappa shape index (κ2) is 8.33. The molecule has 13 heteroatoms. The summed E-state index contributed by atoms with van der Waals surface area (Å²) in [6.07, 6.45) is -0.328. The summed E-state index contributed by atoms with van der Waals surface area (Å²) in [5.41, 5.74) is -2.42. The number of aromatic nitrogens is 6. The lowest BCUT2D eigenvalue weighted by Crippen LogP contribution is -2.26. The minimum atomic E-state index is -4.98. The molecule has 0 saturated carbocycles. The fourth-order valence-electron chi connectivity index (χ4n) is 3.22. The average molecular weight is 461 g/mol. The Kier molecular flexibility index (Phi) is 5.54. The van der Waals surface area contributed by atoms with E-state index in [2.05, 4.69) is 20.3 Å². The number of amides is 1. The number of nitrogens with one attached hydrogen (secondary N) is 1. The van der Waals surface area contributed by atoms with Crippen LogP contribution in [0.2, 0.25) is 0 Å². The summed E-state index contributed by atoms with van der Waals surface area (Å²) in [7, 11) is 1.38. The summed E-state index contributed by atoms with van der Waals surface area (Å²) >= 11 is 0. The molecule has 1 aromatic carbocycles. The number of hydrogen-bond donors (Lipinski definition) is 1. The molecule has 0 spiro atoms. The predicted octanol–water partition coefficient (Wildman–Crippen LogP) is 3.58. The molecule has 0 bridgehead atoms. The Hall–Kier alpha value is -4.29. The zero-order valence-electron chi connectivity index (χ0n) is 17.1. The summed E-state index contributed by atoms with van der Waals surface area (Å²) in [5, 5.41) is 13.8. The first-order valence-corrected chi connectivity index (χ1v) is 9.34. The minimum Gasteiger partial charge on any atom is -0.481 e. The molecule has 0 atom stereocenters. The molecule has 0 fully saturated rings. The minimum absolute atomic E-state index is 0.0347. The van der Waals surface area contributed by atoms with Crippen LogP contribution in [0.4, 0.5) is 17.6 Å². The van der Waals surface area contributed by atoms with E-state index in [4.69, 9.17) is 4.74 Å². The van der Waals surface area contributed by atoms with Crippen LogP contribution in [0.1, 0.15) is 23.0 Å². The second-order valence-electron chi connectivity index (χ2n) is 6.68. The van der Waals surface area contributed by atoms with Crippen molar-refractivity contribution >= 4 is 22.4 Å². The molecule has 0 unspecified atom stereocenters. The van der Waals surface area contributed by atoms with Gasteiger partial charge in [0.05, 0.1) is 37.0 Å². The van der Waals surface area contributed by atoms with Gasteiger partial charge in [-0.1, -0.05) is 6.07 Å².